The highest BCUT2D eigenvalue weighted by molar-refractivity contribution is 7.88. The molecule has 2 heterocycles. The molecule has 1 unspecified atom stereocenters. The van der Waals surface area contributed by atoms with Gasteiger partial charge in [0, 0.05) is 52.4 Å². The van der Waals surface area contributed by atoms with E-state index in [2.05, 4.69) is 15.6 Å². The molecule has 0 spiro atoms. The van der Waals surface area contributed by atoms with Crippen LogP contribution in [-0.4, -0.2) is 84.6 Å². The van der Waals surface area contributed by atoms with E-state index in [9.17, 15) is 8.42 Å². The van der Waals surface area contributed by atoms with Crippen molar-refractivity contribution in [3.63, 3.8) is 0 Å². The average Bonchev–Trinajstić information content (AvgIpc) is 3.13. The molecule has 2 fully saturated rings. The summed E-state index contributed by atoms with van der Waals surface area (Å²) in [6.07, 6.45) is 5.09. The molecule has 0 aliphatic carbocycles. The molecule has 2 aliphatic rings. The Balaban J connectivity index is 1.51. The zero-order chi connectivity index (χ0) is 18.8. The molecule has 2 saturated heterocycles. The summed E-state index contributed by atoms with van der Waals surface area (Å²) >= 11 is 0. The Morgan fingerprint density at radius 3 is 2.62 bits per heavy atom. The van der Waals surface area contributed by atoms with Gasteiger partial charge < -0.3 is 20.1 Å². The maximum atomic E-state index is 11.5. The first-order valence-corrected chi connectivity index (χ1v) is 11.4. The molecule has 9 heteroatoms. The summed E-state index contributed by atoms with van der Waals surface area (Å²) in [7, 11) is -1.29. The van der Waals surface area contributed by atoms with Crippen molar-refractivity contribution in [2.45, 2.75) is 25.7 Å². The van der Waals surface area contributed by atoms with Gasteiger partial charge in [-0.05, 0) is 31.6 Å². The number of sulfonamides is 1. The normalized spacial score (nSPS) is 23.3. The van der Waals surface area contributed by atoms with Crippen molar-refractivity contribution in [1.29, 1.82) is 0 Å². The van der Waals surface area contributed by atoms with Crippen molar-refractivity contribution in [1.82, 2.24) is 14.9 Å². The summed E-state index contributed by atoms with van der Waals surface area (Å²) in [6.45, 7) is 6.08. The highest BCUT2D eigenvalue weighted by Gasteiger charge is 2.24. The minimum atomic E-state index is -3.05. The van der Waals surface area contributed by atoms with E-state index in [-0.39, 0.29) is 0 Å². The molecule has 2 rings (SSSR count). The van der Waals surface area contributed by atoms with Crippen LogP contribution in [0.25, 0.3) is 0 Å². The van der Waals surface area contributed by atoms with Crippen LogP contribution in [0, 0.1) is 11.8 Å². The second kappa shape index (κ2) is 11.1. The fourth-order valence-corrected chi connectivity index (χ4v) is 4.13. The van der Waals surface area contributed by atoms with Gasteiger partial charge in [0.25, 0.3) is 0 Å². The number of piperidine rings is 1. The van der Waals surface area contributed by atoms with Crippen molar-refractivity contribution in [2.75, 3.05) is 65.9 Å². The van der Waals surface area contributed by atoms with Crippen molar-refractivity contribution in [2.24, 2.45) is 16.8 Å². The molecule has 0 aromatic carbocycles. The molecule has 8 nitrogen and oxygen atoms in total. The molecule has 2 N–H and O–H groups in total. The SMILES string of the molecule is CN=C(NCCCOCC1CCOC1)NCC1CCN(S(C)(=O)=O)CC1. The molecule has 0 radical (unpaired) electrons. The van der Waals surface area contributed by atoms with Gasteiger partial charge in [0.05, 0.1) is 19.5 Å². The summed E-state index contributed by atoms with van der Waals surface area (Å²) in [5, 5.41) is 6.64. The van der Waals surface area contributed by atoms with Gasteiger partial charge in [0.15, 0.2) is 5.96 Å². The zero-order valence-electron chi connectivity index (χ0n) is 16.1. The molecular formula is C17H34N4O4S. The third kappa shape index (κ3) is 7.77. The van der Waals surface area contributed by atoms with Crippen LogP contribution in [0.3, 0.4) is 0 Å². The van der Waals surface area contributed by atoms with Crippen LogP contribution in [0.4, 0.5) is 0 Å². The van der Waals surface area contributed by atoms with Crippen LogP contribution >= 0.6 is 0 Å². The average molecular weight is 391 g/mol. The monoisotopic (exact) mass is 390 g/mol. The maximum Gasteiger partial charge on any atom is 0.211 e. The van der Waals surface area contributed by atoms with Crippen LogP contribution in [0.1, 0.15) is 25.7 Å². The van der Waals surface area contributed by atoms with E-state index >= 15 is 0 Å². The van der Waals surface area contributed by atoms with Gasteiger partial charge in [-0.25, -0.2) is 12.7 Å². The van der Waals surface area contributed by atoms with E-state index in [1.54, 1.807) is 11.4 Å². The zero-order valence-corrected chi connectivity index (χ0v) is 16.9. The Hall–Kier alpha value is -0.900. The highest BCUT2D eigenvalue weighted by Crippen LogP contribution is 2.18. The summed E-state index contributed by atoms with van der Waals surface area (Å²) in [4.78, 5) is 4.24. The lowest BCUT2D eigenvalue weighted by atomic mass is 9.98. The lowest BCUT2D eigenvalue weighted by Gasteiger charge is -2.30. The summed E-state index contributed by atoms with van der Waals surface area (Å²) in [5.41, 5.74) is 0. The summed E-state index contributed by atoms with van der Waals surface area (Å²) < 4.78 is 35.7. The van der Waals surface area contributed by atoms with E-state index in [0.717, 1.165) is 71.2 Å². The number of ether oxygens (including phenoxy) is 2. The number of nitrogens with zero attached hydrogens (tertiary/aromatic N) is 2. The third-order valence-corrected chi connectivity index (χ3v) is 6.26. The molecule has 0 amide bonds. The van der Waals surface area contributed by atoms with Crippen molar-refractivity contribution >= 4 is 16.0 Å². The molecule has 2 aliphatic heterocycles. The van der Waals surface area contributed by atoms with Crippen LogP contribution < -0.4 is 10.6 Å². The molecule has 0 bridgehead atoms. The van der Waals surface area contributed by atoms with E-state index < -0.39 is 10.0 Å². The first-order valence-electron chi connectivity index (χ1n) is 9.54. The highest BCUT2D eigenvalue weighted by atomic mass is 32.2. The standard InChI is InChI=1S/C17H34N4O4S/c1-18-17(19-7-3-10-24-13-16-6-11-25-14-16)20-12-15-4-8-21(9-5-15)26(2,22)23/h15-16H,3-14H2,1-2H3,(H2,18,19,20). The smallest absolute Gasteiger partial charge is 0.211 e. The van der Waals surface area contributed by atoms with E-state index in [1.807, 2.05) is 0 Å². The third-order valence-electron chi connectivity index (χ3n) is 4.96. The predicted molar refractivity (Wildman–Crippen MR) is 103 cm³/mol. The van der Waals surface area contributed by atoms with Crippen molar-refractivity contribution in [3.05, 3.63) is 0 Å². The fraction of sp³-hybridized carbons (Fsp3) is 0.941. The van der Waals surface area contributed by atoms with Crippen LogP contribution in [0.5, 0.6) is 0 Å². The number of aliphatic imine (C=N–C) groups is 1. The van der Waals surface area contributed by atoms with Gasteiger partial charge in [-0.2, -0.15) is 0 Å². The Labute approximate surface area is 157 Å². The quantitative estimate of drug-likeness (QED) is 0.333. The molecule has 1 atom stereocenters. The van der Waals surface area contributed by atoms with Gasteiger partial charge in [-0.3, -0.25) is 4.99 Å². The largest absolute Gasteiger partial charge is 0.381 e. The van der Waals surface area contributed by atoms with E-state index in [0.29, 0.717) is 24.9 Å². The molecule has 0 saturated carbocycles. The van der Waals surface area contributed by atoms with Crippen LogP contribution in [-0.2, 0) is 19.5 Å². The molecule has 0 aromatic heterocycles. The van der Waals surface area contributed by atoms with Gasteiger partial charge >= 0.3 is 0 Å². The lowest BCUT2D eigenvalue weighted by molar-refractivity contribution is 0.0888. The number of nitrogens with one attached hydrogen (secondary N) is 2. The first kappa shape index (κ1) is 21.4. The topological polar surface area (TPSA) is 92.3 Å². The second-order valence-electron chi connectivity index (χ2n) is 7.14. The molecular weight excluding hydrogens is 356 g/mol. The number of hydrogen-bond acceptors (Lipinski definition) is 5. The Bertz CT molecular complexity index is 527. The molecule has 152 valence electrons. The molecule has 0 aromatic rings. The van der Waals surface area contributed by atoms with Crippen LogP contribution in [0.2, 0.25) is 0 Å². The summed E-state index contributed by atoms with van der Waals surface area (Å²) in [5.74, 6) is 1.83. The van der Waals surface area contributed by atoms with Gasteiger partial charge in [0.1, 0.15) is 0 Å². The lowest BCUT2D eigenvalue weighted by Crippen LogP contribution is -2.44. The molecule has 26 heavy (non-hydrogen) atoms. The minimum Gasteiger partial charge on any atom is -0.381 e. The van der Waals surface area contributed by atoms with Crippen molar-refractivity contribution < 1.29 is 17.9 Å². The number of rotatable bonds is 9. The van der Waals surface area contributed by atoms with E-state index in [4.69, 9.17) is 9.47 Å². The second-order valence-corrected chi connectivity index (χ2v) is 9.13. The van der Waals surface area contributed by atoms with Gasteiger partial charge in [-0.15, -0.1) is 0 Å². The van der Waals surface area contributed by atoms with Gasteiger partial charge in [0.2, 0.25) is 10.0 Å². The predicted octanol–water partition coefficient (Wildman–Crippen LogP) is 0.266. The fourth-order valence-electron chi connectivity index (χ4n) is 3.25. The van der Waals surface area contributed by atoms with Crippen molar-refractivity contribution in [3.8, 4) is 0 Å². The maximum absolute atomic E-state index is 11.5. The van der Waals surface area contributed by atoms with Crippen LogP contribution in [0.15, 0.2) is 4.99 Å². The summed E-state index contributed by atoms with van der Waals surface area (Å²) in [6, 6.07) is 0. The van der Waals surface area contributed by atoms with E-state index in [1.165, 1.54) is 6.26 Å². The first-order chi connectivity index (χ1) is 12.5. The number of hydrogen-bond donors (Lipinski definition) is 2. The Morgan fingerprint density at radius 1 is 1.23 bits per heavy atom. The number of guanidine groups is 1. The van der Waals surface area contributed by atoms with Gasteiger partial charge in [-0.1, -0.05) is 0 Å². The Morgan fingerprint density at radius 2 is 2.00 bits per heavy atom. The minimum absolute atomic E-state index is 0.475. The Kier molecular flexibility index (Phi) is 9.10.